The summed E-state index contributed by atoms with van der Waals surface area (Å²) in [5, 5.41) is 6.42. The Morgan fingerprint density at radius 3 is 2.83 bits per heavy atom. The third kappa shape index (κ3) is 3.91. The van der Waals surface area contributed by atoms with Crippen LogP contribution in [0.15, 0.2) is 35.0 Å². The van der Waals surface area contributed by atoms with E-state index in [0.717, 1.165) is 19.3 Å². The quantitative estimate of drug-likeness (QED) is 0.788. The molecule has 3 nitrogen and oxygen atoms in total. The minimum atomic E-state index is -0.157. The van der Waals surface area contributed by atoms with Crippen molar-refractivity contribution in [1.82, 2.24) is 10.6 Å². The first-order valence-corrected chi connectivity index (χ1v) is 6.94. The van der Waals surface area contributed by atoms with E-state index in [2.05, 4.69) is 10.6 Å². The summed E-state index contributed by atoms with van der Waals surface area (Å²) < 4.78 is 0. The molecule has 0 atom stereocenters. The molecule has 2 aliphatic carbocycles. The summed E-state index contributed by atoms with van der Waals surface area (Å²) in [6.07, 6.45) is 14.3. The topological polar surface area (TPSA) is 41.1 Å². The van der Waals surface area contributed by atoms with Crippen molar-refractivity contribution >= 4 is 17.6 Å². The minimum Gasteiger partial charge on any atom is -0.335 e. The lowest BCUT2D eigenvalue weighted by Crippen LogP contribution is -2.42. The zero-order valence-electron chi connectivity index (χ0n) is 10.4. The van der Waals surface area contributed by atoms with Crippen LogP contribution in [-0.4, -0.2) is 12.1 Å². The second kappa shape index (κ2) is 6.64. The first kappa shape index (κ1) is 13.2. The summed E-state index contributed by atoms with van der Waals surface area (Å²) in [6, 6.07) is 0.151. The maximum atomic E-state index is 11.9. The smallest absolute Gasteiger partial charge is 0.319 e. The highest BCUT2D eigenvalue weighted by molar-refractivity contribution is 6.32. The molecular weight excluding hydrogens is 248 g/mol. The van der Waals surface area contributed by atoms with Gasteiger partial charge in [0, 0.05) is 6.04 Å². The molecular formula is C14H19ClN2O. The predicted molar refractivity (Wildman–Crippen MR) is 74.3 cm³/mol. The molecule has 2 amide bonds. The molecule has 0 radical (unpaired) electrons. The average molecular weight is 267 g/mol. The van der Waals surface area contributed by atoms with E-state index in [9.17, 15) is 4.79 Å². The molecule has 2 N–H and O–H groups in total. The van der Waals surface area contributed by atoms with Gasteiger partial charge in [-0.15, -0.1) is 0 Å². The SMILES string of the molecule is O=C(NC1=CC=CCC=C1Cl)NC1CCCCC1. The maximum absolute atomic E-state index is 11.9. The van der Waals surface area contributed by atoms with Gasteiger partial charge >= 0.3 is 6.03 Å². The largest absolute Gasteiger partial charge is 0.335 e. The Hall–Kier alpha value is -1.22. The predicted octanol–water partition coefficient (Wildman–Crippen LogP) is 3.58. The molecule has 2 aliphatic rings. The van der Waals surface area contributed by atoms with E-state index in [-0.39, 0.29) is 6.03 Å². The number of halogens is 1. The van der Waals surface area contributed by atoms with Crippen LogP contribution in [-0.2, 0) is 0 Å². The van der Waals surface area contributed by atoms with E-state index in [1.807, 2.05) is 24.3 Å². The summed E-state index contributed by atoms with van der Waals surface area (Å²) in [7, 11) is 0. The van der Waals surface area contributed by atoms with Gasteiger partial charge in [0.2, 0.25) is 0 Å². The number of nitrogens with one attached hydrogen (secondary N) is 2. The number of amides is 2. The van der Waals surface area contributed by atoms with Crippen molar-refractivity contribution in [2.24, 2.45) is 0 Å². The first-order valence-electron chi connectivity index (χ1n) is 6.56. The van der Waals surface area contributed by atoms with Gasteiger partial charge in [-0.1, -0.05) is 49.1 Å². The summed E-state index contributed by atoms with van der Waals surface area (Å²) in [5.41, 5.74) is 0.665. The fourth-order valence-corrected chi connectivity index (χ4v) is 2.50. The summed E-state index contributed by atoms with van der Waals surface area (Å²) in [4.78, 5) is 11.9. The standard InChI is InChI=1S/C14H19ClN2O/c15-12-9-5-2-6-10-13(12)17-14(18)16-11-7-3-1-4-8-11/h2,6,9-11H,1,3-5,7-8H2,(H2,16,17,18). The van der Waals surface area contributed by atoms with Crippen LogP contribution in [0.4, 0.5) is 4.79 Å². The second-order valence-electron chi connectivity index (χ2n) is 4.73. The van der Waals surface area contributed by atoms with Crippen LogP contribution in [0.5, 0.6) is 0 Å². The molecule has 0 bridgehead atoms. The van der Waals surface area contributed by atoms with E-state index in [1.54, 1.807) is 0 Å². The highest BCUT2D eigenvalue weighted by Gasteiger charge is 2.16. The lowest BCUT2D eigenvalue weighted by atomic mass is 9.96. The van der Waals surface area contributed by atoms with Gasteiger partial charge in [0.15, 0.2) is 0 Å². The Balaban J connectivity index is 1.86. The van der Waals surface area contributed by atoms with Crippen LogP contribution in [0.2, 0.25) is 0 Å². The van der Waals surface area contributed by atoms with Gasteiger partial charge < -0.3 is 10.6 Å². The van der Waals surface area contributed by atoms with Crippen LogP contribution in [0.25, 0.3) is 0 Å². The van der Waals surface area contributed by atoms with E-state index in [4.69, 9.17) is 11.6 Å². The number of rotatable bonds is 2. The monoisotopic (exact) mass is 266 g/mol. The molecule has 0 aliphatic heterocycles. The van der Waals surface area contributed by atoms with Crippen LogP contribution in [0, 0.1) is 0 Å². The van der Waals surface area contributed by atoms with Gasteiger partial charge in [0.25, 0.3) is 0 Å². The van der Waals surface area contributed by atoms with Crippen molar-refractivity contribution in [3.05, 3.63) is 35.0 Å². The van der Waals surface area contributed by atoms with Crippen molar-refractivity contribution in [3.63, 3.8) is 0 Å². The Morgan fingerprint density at radius 1 is 1.28 bits per heavy atom. The molecule has 98 valence electrons. The molecule has 2 rings (SSSR count). The van der Waals surface area contributed by atoms with Gasteiger partial charge in [-0.05, 0) is 25.3 Å². The Kier molecular flexibility index (Phi) is 4.88. The Morgan fingerprint density at radius 2 is 2.06 bits per heavy atom. The molecule has 1 saturated carbocycles. The summed E-state index contributed by atoms with van der Waals surface area (Å²) >= 11 is 6.08. The highest BCUT2D eigenvalue weighted by atomic mass is 35.5. The zero-order chi connectivity index (χ0) is 12.8. The van der Waals surface area contributed by atoms with E-state index in [1.165, 1.54) is 19.3 Å². The fourth-order valence-electron chi connectivity index (χ4n) is 2.30. The molecule has 1 fully saturated rings. The number of carbonyl (C=O) groups excluding carboxylic acids is 1. The van der Waals surface area contributed by atoms with E-state index < -0.39 is 0 Å². The van der Waals surface area contributed by atoms with Crippen LogP contribution in [0.1, 0.15) is 38.5 Å². The van der Waals surface area contributed by atoms with E-state index >= 15 is 0 Å². The first-order chi connectivity index (χ1) is 8.75. The zero-order valence-corrected chi connectivity index (χ0v) is 11.2. The van der Waals surface area contributed by atoms with Crippen molar-refractivity contribution in [2.75, 3.05) is 0 Å². The van der Waals surface area contributed by atoms with Gasteiger partial charge in [-0.25, -0.2) is 4.79 Å². The third-order valence-corrected chi connectivity index (χ3v) is 3.64. The lowest BCUT2D eigenvalue weighted by Gasteiger charge is -2.23. The number of urea groups is 1. The second-order valence-corrected chi connectivity index (χ2v) is 5.14. The molecule has 0 aromatic rings. The molecule has 0 heterocycles. The fraction of sp³-hybridized carbons (Fsp3) is 0.500. The molecule has 4 heteroatoms. The van der Waals surface area contributed by atoms with E-state index in [0.29, 0.717) is 16.8 Å². The molecule has 0 unspecified atom stereocenters. The maximum Gasteiger partial charge on any atom is 0.319 e. The third-order valence-electron chi connectivity index (χ3n) is 3.28. The van der Waals surface area contributed by atoms with Crippen LogP contribution in [0.3, 0.4) is 0 Å². The van der Waals surface area contributed by atoms with Crippen LogP contribution < -0.4 is 10.6 Å². The van der Waals surface area contributed by atoms with Gasteiger partial charge in [-0.3, -0.25) is 0 Å². The van der Waals surface area contributed by atoms with Crippen molar-refractivity contribution in [2.45, 2.75) is 44.6 Å². The minimum absolute atomic E-state index is 0.157. The number of hydrogen-bond donors (Lipinski definition) is 2. The number of allylic oxidation sites excluding steroid dienone is 5. The van der Waals surface area contributed by atoms with Crippen molar-refractivity contribution < 1.29 is 4.79 Å². The lowest BCUT2D eigenvalue weighted by molar-refractivity contribution is 0.235. The van der Waals surface area contributed by atoms with Gasteiger partial charge in [-0.2, -0.15) is 0 Å². The molecule has 18 heavy (non-hydrogen) atoms. The highest BCUT2D eigenvalue weighted by Crippen LogP contribution is 2.18. The Bertz CT molecular complexity index is 393. The number of hydrogen-bond acceptors (Lipinski definition) is 1. The molecule has 0 aromatic heterocycles. The van der Waals surface area contributed by atoms with Crippen molar-refractivity contribution in [3.8, 4) is 0 Å². The van der Waals surface area contributed by atoms with Gasteiger partial charge in [0.05, 0.1) is 10.7 Å². The molecule has 0 aromatic carbocycles. The summed E-state index contributed by atoms with van der Waals surface area (Å²) in [6.45, 7) is 0. The summed E-state index contributed by atoms with van der Waals surface area (Å²) in [5.74, 6) is 0. The molecule has 0 spiro atoms. The van der Waals surface area contributed by atoms with Crippen molar-refractivity contribution in [1.29, 1.82) is 0 Å². The normalized spacial score (nSPS) is 20.7. The number of carbonyl (C=O) groups is 1. The molecule has 0 saturated heterocycles. The van der Waals surface area contributed by atoms with Crippen LogP contribution >= 0.6 is 11.6 Å². The Labute approximate surface area is 113 Å². The van der Waals surface area contributed by atoms with Gasteiger partial charge in [0.1, 0.15) is 0 Å². The average Bonchev–Trinajstić information content (AvgIpc) is 2.56.